The molecule has 0 radical (unpaired) electrons. The fourth-order valence-corrected chi connectivity index (χ4v) is 3.99. The largest absolute Gasteiger partial charge is 0.480 e. The first-order chi connectivity index (χ1) is 17.0. The van der Waals surface area contributed by atoms with Crippen LogP contribution in [0.3, 0.4) is 0 Å². The molecule has 2 rings (SSSR count). The highest BCUT2D eigenvalue weighted by Gasteiger charge is 2.49. The van der Waals surface area contributed by atoms with Crippen molar-refractivity contribution in [1.82, 2.24) is 16.0 Å². The van der Waals surface area contributed by atoms with Crippen LogP contribution >= 0.6 is 0 Å². The third kappa shape index (κ3) is 7.60. The van der Waals surface area contributed by atoms with Crippen LogP contribution < -0.4 is 38.9 Å². The Balaban J connectivity index is 2.26. The first-order valence-corrected chi connectivity index (χ1v) is 11.4. The lowest BCUT2D eigenvalue weighted by Gasteiger charge is -2.44. The van der Waals surface area contributed by atoms with E-state index >= 15 is 0 Å². The molecule has 0 bridgehead atoms. The minimum Gasteiger partial charge on any atom is -0.480 e. The van der Waals surface area contributed by atoms with E-state index < -0.39 is 79.4 Å². The molecule has 0 aromatic rings. The number of carbonyl (C=O) groups is 3. The van der Waals surface area contributed by atoms with E-state index in [0.717, 1.165) is 0 Å². The predicted molar refractivity (Wildman–Crippen MR) is 123 cm³/mol. The van der Waals surface area contributed by atoms with Gasteiger partial charge in [0.25, 0.3) is 0 Å². The van der Waals surface area contributed by atoms with Gasteiger partial charge in [0, 0.05) is 19.0 Å². The Hall–Kier alpha value is -2.80. The van der Waals surface area contributed by atoms with Gasteiger partial charge in [-0.3, -0.25) is 4.79 Å². The monoisotopic (exact) mass is 520 g/mol. The van der Waals surface area contributed by atoms with Crippen LogP contribution in [-0.4, -0.2) is 119 Å². The number of nitrogens with one attached hydrogen (secondary N) is 3. The summed E-state index contributed by atoms with van der Waals surface area (Å²) in [6, 6.07) is -4.28. The molecular weight excluding hydrogens is 484 g/mol. The number of aliphatic imine (C=N–C) groups is 1. The minimum absolute atomic E-state index is 0.119. The molecule has 2 aliphatic heterocycles. The summed E-state index contributed by atoms with van der Waals surface area (Å²) in [5.74, 6) is -2.01. The fraction of sp³-hybridized carbons (Fsp3) is 0.789. The molecular formula is C19H36N8O9. The first-order valence-electron chi connectivity index (χ1n) is 11.4. The van der Waals surface area contributed by atoms with E-state index in [9.17, 15) is 34.8 Å². The van der Waals surface area contributed by atoms with Crippen LogP contribution in [0.2, 0.25) is 0 Å². The number of hydrogen-bond acceptors (Lipinski definition) is 14. The van der Waals surface area contributed by atoms with Crippen LogP contribution in [0.15, 0.2) is 4.99 Å². The third-order valence-corrected chi connectivity index (χ3v) is 5.80. The molecule has 15 N–H and O–H groups in total. The molecule has 0 aromatic carbocycles. The minimum atomic E-state index is -1.62. The van der Waals surface area contributed by atoms with Crippen molar-refractivity contribution in [2.75, 3.05) is 19.7 Å². The fourth-order valence-electron chi connectivity index (χ4n) is 3.99. The van der Waals surface area contributed by atoms with Crippen LogP contribution in [0, 0.1) is 0 Å². The molecule has 17 nitrogen and oxygen atoms in total. The topological polar surface area (TPSA) is 303 Å². The molecule has 2 amide bonds. The number of carboxylic acid groups (broad SMARTS) is 1. The van der Waals surface area contributed by atoms with Crippen LogP contribution in [-0.2, 0) is 19.1 Å². The van der Waals surface area contributed by atoms with Gasteiger partial charge in [-0.25, -0.2) is 14.6 Å². The maximum absolute atomic E-state index is 12.6. The number of guanidine groups is 1. The summed E-state index contributed by atoms with van der Waals surface area (Å²) in [4.78, 5) is 39.7. The summed E-state index contributed by atoms with van der Waals surface area (Å²) in [7, 11) is 0. The van der Waals surface area contributed by atoms with Gasteiger partial charge in [-0.05, 0) is 19.4 Å². The number of primary amides is 1. The Labute approximate surface area is 206 Å². The summed E-state index contributed by atoms with van der Waals surface area (Å²) in [6.07, 6.45) is -7.19. The first kappa shape index (κ1) is 29.4. The van der Waals surface area contributed by atoms with E-state index in [1.54, 1.807) is 0 Å². The van der Waals surface area contributed by atoms with E-state index in [0.29, 0.717) is 19.4 Å². The van der Waals surface area contributed by atoms with Gasteiger partial charge in [0.2, 0.25) is 5.91 Å². The lowest BCUT2D eigenvalue weighted by Crippen LogP contribution is -2.69. The number of nitrogens with two attached hydrogens (primary N) is 4. The smallest absolute Gasteiger partial charge is 0.404 e. The van der Waals surface area contributed by atoms with Crippen molar-refractivity contribution < 1.29 is 44.3 Å². The normalized spacial score (nSPS) is 31.5. The Morgan fingerprint density at radius 2 is 1.97 bits per heavy atom. The van der Waals surface area contributed by atoms with Crippen LogP contribution in [0.5, 0.6) is 0 Å². The molecule has 0 aliphatic carbocycles. The van der Waals surface area contributed by atoms with Crippen molar-refractivity contribution in [2.45, 2.75) is 74.1 Å². The molecule has 17 heteroatoms. The molecule has 9 atom stereocenters. The summed E-state index contributed by atoms with van der Waals surface area (Å²) in [5, 5.41) is 48.0. The Bertz CT molecular complexity index is 803. The van der Waals surface area contributed by atoms with Crippen molar-refractivity contribution in [3.63, 3.8) is 0 Å². The van der Waals surface area contributed by atoms with E-state index in [2.05, 4.69) is 20.9 Å². The van der Waals surface area contributed by atoms with E-state index in [4.69, 9.17) is 32.4 Å². The summed E-state index contributed by atoms with van der Waals surface area (Å²) < 4.78 is 10.6. The summed E-state index contributed by atoms with van der Waals surface area (Å²) >= 11 is 0. The number of nitrogens with zero attached hydrogens (tertiary/aromatic N) is 1. The van der Waals surface area contributed by atoms with E-state index in [1.165, 1.54) is 0 Å². The number of aliphatic hydroxyl groups excluding tert-OH is 3. The molecule has 0 unspecified atom stereocenters. The number of aliphatic hydroxyl groups is 3. The summed E-state index contributed by atoms with van der Waals surface area (Å²) in [5.41, 5.74) is 21.9. The molecule has 0 aromatic heterocycles. The molecule has 1 fully saturated rings. The number of carboxylic acids is 1. The number of ether oxygens (including phenoxy) is 2. The van der Waals surface area contributed by atoms with E-state index in [-0.39, 0.29) is 18.9 Å². The Morgan fingerprint density at radius 3 is 2.53 bits per heavy atom. The van der Waals surface area contributed by atoms with Gasteiger partial charge in [0.05, 0.1) is 12.7 Å². The highest BCUT2D eigenvalue weighted by molar-refractivity contribution is 5.90. The van der Waals surface area contributed by atoms with Gasteiger partial charge >= 0.3 is 12.1 Å². The molecule has 36 heavy (non-hydrogen) atoms. The number of carbonyl (C=O) groups excluding carboxylic acids is 2. The molecule has 206 valence electrons. The van der Waals surface area contributed by atoms with Gasteiger partial charge in [-0.1, -0.05) is 0 Å². The zero-order valence-electron chi connectivity index (χ0n) is 19.5. The second kappa shape index (κ2) is 13.5. The Kier molecular flexibility index (Phi) is 11.0. The van der Waals surface area contributed by atoms with Crippen molar-refractivity contribution in [1.29, 1.82) is 0 Å². The second-order valence-electron chi connectivity index (χ2n) is 8.53. The van der Waals surface area contributed by atoms with Crippen LogP contribution in [0.25, 0.3) is 0 Å². The predicted octanol–water partition coefficient (Wildman–Crippen LogP) is -5.84. The average molecular weight is 521 g/mol. The second-order valence-corrected chi connectivity index (χ2v) is 8.53. The lowest BCUT2D eigenvalue weighted by atomic mass is 9.95. The highest BCUT2D eigenvalue weighted by atomic mass is 16.6. The van der Waals surface area contributed by atoms with Gasteiger partial charge in [0.1, 0.15) is 24.3 Å². The number of hydrogen-bond donors (Lipinski definition) is 11. The Morgan fingerprint density at radius 1 is 1.28 bits per heavy atom. The van der Waals surface area contributed by atoms with Crippen molar-refractivity contribution in [3.05, 3.63) is 0 Å². The quantitative estimate of drug-likeness (QED) is 0.114. The van der Waals surface area contributed by atoms with Crippen molar-refractivity contribution in [3.8, 4) is 0 Å². The third-order valence-electron chi connectivity index (χ3n) is 5.80. The average Bonchev–Trinajstić information content (AvgIpc) is 3.25. The van der Waals surface area contributed by atoms with Crippen LogP contribution in [0.1, 0.15) is 19.3 Å². The van der Waals surface area contributed by atoms with Crippen LogP contribution in [0.4, 0.5) is 4.79 Å². The standard InChI is InChI=1S/C19H36N8O9/c20-3-1-2-7(22)4-10(30)24-13-14(31)15(36-18(23)34)9(6-28)35-16(13)27-19-25-11(8(29)5-21)12(26-19)17(32)33/h7-9,11-16,28-29,31H,1-6,20-22H2,(H2,23,34)(H,24,30)(H,32,33)(H2,25,26,27)/t7-,8+,9+,11+,12-,13+,14-,15-,16+/m0/s1. The maximum Gasteiger partial charge on any atom is 0.404 e. The molecule has 1 saturated heterocycles. The van der Waals surface area contributed by atoms with Crippen molar-refractivity contribution in [2.24, 2.45) is 27.9 Å². The van der Waals surface area contributed by atoms with Gasteiger partial charge in [-0.2, -0.15) is 0 Å². The summed E-state index contributed by atoms with van der Waals surface area (Å²) in [6.45, 7) is -0.561. The number of amides is 2. The molecule has 2 aliphatic rings. The van der Waals surface area contributed by atoms with Gasteiger partial charge in [-0.15, -0.1) is 0 Å². The highest BCUT2D eigenvalue weighted by Crippen LogP contribution is 2.24. The maximum atomic E-state index is 12.6. The number of aliphatic carboxylic acids is 1. The molecule has 0 spiro atoms. The molecule has 2 heterocycles. The zero-order valence-corrected chi connectivity index (χ0v) is 19.5. The zero-order chi connectivity index (χ0) is 27.0. The lowest BCUT2D eigenvalue weighted by molar-refractivity contribution is -0.198. The molecule has 0 saturated carbocycles. The van der Waals surface area contributed by atoms with E-state index in [1.807, 2.05) is 0 Å². The number of rotatable bonds is 12. The van der Waals surface area contributed by atoms with Gasteiger partial charge in [0.15, 0.2) is 24.3 Å². The SMILES string of the molecule is NCCC[C@H](N)CC(=O)N[C@@H]1[C@H](O)[C@@H](OC(N)=O)[C@@H](CO)O[C@H]1NC1=N[C@H]([C@H](O)CN)[C@@H](C(=O)O)N1. The van der Waals surface area contributed by atoms with Crippen molar-refractivity contribution >= 4 is 23.9 Å². The van der Waals surface area contributed by atoms with Gasteiger partial charge < -0.3 is 68.8 Å².